The number of hydrogen-bond acceptors (Lipinski definition) is 5. The van der Waals surface area contributed by atoms with Gasteiger partial charge in [0.05, 0.1) is 11.6 Å². The number of carbonyl (C=O) groups excluding carboxylic acids is 1. The van der Waals surface area contributed by atoms with Crippen LogP contribution in [0.2, 0.25) is 10.0 Å². The van der Waals surface area contributed by atoms with Crippen LogP contribution in [-0.2, 0) is 16.8 Å². The van der Waals surface area contributed by atoms with Gasteiger partial charge in [0.2, 0.25) is 11.8 Å². The van der Waals surface area contributed by atoms with Gasteiger partial charge in [-0.15, -0.1) is 10.2 Å². The van der Waals surface area contributed by atoms with E-state index in [1.165, 1.54) is 10.5 Å². The summed E-state index contributed by atoms with van der Waals surface area (Å²) in [5.74, 6) is 0.885. The van der Waals surface area contributed by atoms with Crippen LogP contribution >= 0.6 is 23.2 Å². The average Bonchev–Trinajstić information content (AvgIpc) is 3.17. The zero-order chi connectivity index (χ0) is 22.8. The van der Waals surface area contributed by atoms with E-state index in [0.29, 0.717) is 27.6 Å². The predicted molar refractivity (Wildman–Crippen MR) is 121 cm³/mol. The smallest absolute Gasteiger partial charge is 0.263 e. The fourth-order valence-electron chi connectivity index (χ4n) is 2.95. The summed E-state index contributed by atoms with van der Waals surface area (Å²) in [6.45, 7) is 8.29. The second-order valence-corrected chi connectivity index (χ2v) is 9.20. The molecule has 1 aromatic heterocycles. The first-order chi connectivity index (χ1) is 14.5. The van der Waals surface area contributed by atoms with Gasteiger partial charge in [-0.1, -0.05) is 56.1 Å². The molecule has 1 atom stereocenters. The van der Waals surface area contributed by atoms with E-state index >= 15 is 0 Å². The molecule has 2 aromatic carbocycles. The minimum absolute atomic E-state index is 0.0661. The largest absolute Gasteiger partial charge is 0.479 e. The van der Waals surface area contributed by atoms with E-state index in [-0.39, 0.29) is 17.9 Å². The van der Waals surface area contributed by atoms with Crippen molar-refractivity contribution in [3.63, 3.8) is 0 Å². The quantitative estimate of drug-likeness (QED) is 0.466. The summed E-state index contributed by atoms with van der Waals surface area (Å²) in [4.78, 5) is 14.1. The van der Waals surface area contributed by atoms with Crippen LogP contribution < -0.4 is 4.74 Å². The molecule has 0 saturated carbocycles. The average molecular weight is 462 g/mol. The Kier molecular flexibility index (Phi) is 6.92. The highest BCUT2D eigenvalue weighted by atomic mass is 35.5. The molecular formula is C23H25Cl2N3O3. The second kappa shape index (κ2) is 9.28. The van der Waals surface area contributed by atoms with Crippen LogP contribution in [0.25, 0.3) is 11.5 Å². The molecule has 1 heterocycles. The lowest BCUT2D eigenvalue weighted by Gasteiger charge is -2.21. The van der Waals surface area contributed by atoms with Crippen molar-refractivity contribution < 1.29 is 13.9 Å². The Morgan fingerprint density at radius 3 is 2.42 bits per heavy atom. The first-order valence-corrected chi connectivity index (χ1v) is 10.6. The van der Waals surface area contributed by atoms with Gasteiger partial charge in [-0.2, -0.15) is 0 Å². The van der Waals surface area contributed by atoms with Crippen molar-refractivity contribution >= 4 is 29.1 Å². The Hall–Kier alpha value is -2.57. The molecular weight excluding hydrogens is 437 g/mol. The molecule has 31 heavy (non-hydrogen) atoms. The van der Waals surface area contributed by atoms with Gasteiger partial charge in [-0.25, -0.2) is 0 Å². The Balaban J connectivity index is 1.63. The molecule has 0 fully saturated rings. The summed E-state index contributed by atoms with van der Waals surface area (Å²) in [7, 11) is 1.65. The minimum atomic E-state index is -0.754. The topological polar surface area (TPSA) is 68.5 Å². The fraction of sp³-hybridized carbons (Fsp3) is 0.348. The van der Waals surface area contributed by atoms with E-state index in [0.717, 1.165) is 5.56 Å². The highest BCUT2D eigenvalue weighted by Crippen LogP contribution is 2.29. The molecule has 0 aliphatic rings. The highest BCUT2D eigenvalue weighted by molar-refractivity contribution is 6.35. The van der Waals surface area contributed by atoms with Gasteiger partial charge in [0.1, 0.15) is 5.75 Å². The number of likely N-dealkylation sites (N-methyl/N-ethyl adjacent to an activating group) is 1. The van der Waals surface area contributed by atoms with Gasteiger partial charge in [0.15, 0.2) is 6.10 Å². The lowest BCUT2D eigenvalue weighted by molar-refractivity contribution is -0.137. The van der Waals surface area contributed by atoms with Gasteiger partial charge in [-0.3, -0.25) is 4.79 Å². The number of nitrogens with zero attached hydrogens (tertiary/aromatic N) is 3. The van der Waals surface area contributed by atoms with Gasteiger partial charge in [-0.05, 0) is 48.2 Å². The van der Waals surface area contributed by atoms with E-state index in [9.17, 15) is 4.79 Å². The Bertz CT molecular complexity index is 1060. The van der Waals surface area contributed by atoms with Crippen LogP contribution in [0.3, 0.4) is 0 Å². The third-order valence-electron chi connectivity index (χ3n) is 4.76. The molecule has 1 amide bonds. The lowest BCUT2D eigenvalue weighted by atomic mass is 9.87. The van der Waals surface area contributed by atoms with Gasteiger partial charge in [0.25, 0.3) is 5.91 Å². The normalized spacial score (nSPS) is 12.5. The molecule has 3 aromatic rings. The SMILES string of the molecule is C[C@@H](Oc1ccc(Cl)cc1Cl)C(=O)N(C)Cc1nnc(-c2ccc(C(C)(C)C)cc2)o1. The third kappa shape index (κ3) is 5.77. The summed E-state index contributed by atoms with van der Waals surface area (Å²) in [5.41, 5.74) is 2.11. The van der Waals surface area contributed by atoms with E-state index in [1.54, 1.807) is 32.2 Å². The molecule has 164 valence electrons. The molecule has 8 heteroatoms. The molecule has 6 nitrogen and oxygen atoms in total. The van der Waals surface area contributed by atoms with E-state index < -0.39 is 6.10 Å². The lowest BCUT2D eigenvalue weighted by Crippen LogP contribution is -2.37. The third-order valence-corrected chi connectivity index (χ3v) is 5.29. The number of benzene rings is 2. The molecule has 0 unspecified atom stereocenters. The van der Waals surface area contributed by atoms with E-state index in [4.69, 9.17) is 32.4 Å². The summed E-state index contributed by atoms with van der Waals surface area (Å²) in [5, 5.41) is 9.01. The highest BCUT2D eigenvalue weighted by Gasteiger charge is 2.22. The van der Waals surface area contributed by atoms with Crippen LogP contribution in [0.15, 0.2) is 46.9 Å². The zero-order valence-corrected chi connectivity index (χ0v) is 19.7. The summed E-state index contributed by atoms with van der Waals surface area (Å²) in [6.07, 6.45) is -0.754. The van der Waals surface area contributed by atoms with E-state index in [2.05, 4.69) is 43.1 Å². The number of rotatable bonds is 6. The first kappa shape index (κ1) is 23.1. The molecule has 0 aliphatic carbocycles. The number of aromatic nitrogens is 2. The number of amides is 1. The zero-order valence-electron chi connectivity index (χ0n) is 18.1. The van der Waals surface area contributed by atoms with Gasteiger partial charge in [0, 0.05) is 17.6 Å². The van der Waals surface area contributed by atoms with Crippen LogP contribution in [0.5, 0.6) is 5.75 Å². The van der Waals surface area contributed by atoms with Crippen molar-refractivity contribution in [1.29, 1.82) is 0 Å². The summed E-state index contributed by atoms with van der Waals surface area (Å²) >= 11 is 12.0. The molecule has 0 radical (unpaired) electrons. The molecule has 0 bridgehead atoms. The maximum Gasteiger partial charge on any atom is 0.263 e. The number of ether oxygens (including phenoxy) is 1. The minimum Gasteiger partial charge on any atom is -0.479 e. The van der Waals surface area contributed by atoms with Crippen molar-refractivity contribution in [3.8, 4) is 17.2 Å². The van der Waals surface area contributed by atoms with Crippen molar-refractivity contribution in [2.45, 2.75) is 45.8 Å². The van der Waals surface area contributed by atoms with E-state index in [1.807, 2.05) is 12.1 Å². The van der Waals surface area contributed by atoms with Crippen LogP contribution in [0, 0.1) is 0 Å². The fourth-order valence-corrected chi connectivity index (χ4v) is 3.40. The summed E-state index contributed by atoms with van der Waals surface area (Å²) in [6, 6.07) is 12.9. The number of carbonyl (C=O) groups is 1. The van der Waals surface area contributed by atoms with Crippen molar-refractivity contribution in [3.05, 3.63) is 64.0 Å². The Labute approximate surface area is 192 Å². The maximum absolute atomic E-state index is 12.7. The summed E-state index contributed by atoms with van der Waals surface area (Å²) < 4.78 is 11.4. The number of hydrogen-bond donors (Lipinski definition) is 0. The van der Waals surface area contributed by atoms with Crippen LogP contribution in [0.4, 0.5) is 0 Å². The molecule has 0 N–H and O–H groups in total. The predicted octanol–water partition coefficient (Wildman–Crippen LogP) is 5.77. The van der Waals surface area contributed by atoms with Crippen molar-refractivity contribution in [1.82, 2.24) is 15.1 Å². The van der Waals surface area contributed by atoms with Crippen molar-refractivity contribution in [2.24, 2.45) is 0 Å². The molecule has 3 rings (SSSR count). The number of halogens is 2. The van der Waals surface area contributed by atoms with Crippen LogP contribution in [0.1, 0.15) is 39.1 Å². The molecule has 0 spiro atoms. The van der Waals surface area contributed by atoms with Gasteiger partial charge >= 0.3 is 0 Å². The molecule has 0 aliphatic heterocycles. The van der Waals surface area contributed by atoms with Crippen LogP contribution in [-0.4, -0.2) is 34.2 Å². The maximum atomic E-state index is 12.7. The Morgan fingerprint density at radius 1 is 1.13 bits per heavy atom. The molecule has 0 saturated heterocycles. The second-order valence-electron chi connectivity index (χ2n) is 8.36. The first-order valence-electron chi connectivity index (χ1n) is 9.84. The standard InChI is InChI=1S/C23H25Cl2N3O3/c1-14(30-19-11-10-17(24)12-18(19)25)22(29)28(5)13-20-26-27-21(31-20)15-6-8-16(9-7-15)23(2,3)4/h6-12,14H,13H2,1-5H3/t14-/m1/s1. The van der Waals surface area contributed by atoms with Gasteiger partial charge < -0.3 is 14.1 Å². The Morgan fingerprint density at radius 2 is 1.81 bits per heavy atom. The van der Waals surface area contributed by atoms with Crippen molar-refractivity contribution in [2.75, 3.05) is 7.05 Å². The monoisotopic (exact) mass is 461 g/mol.